The summed E-state index contributed by atoms with van der Waals surface area (Å²) in [6, 6.07) is 6.55. The maximum atomic E-state index is 5.76. The normalized spacial score (nSPS) is 10.3. The van der Waals surface area contributed by atoms with Crippen LogP contribution >= 0.6 is 34.8 Å². The van der Waals surface area contributed by atoms with Gasteiger partial charge in [-0.05, 0) is 23.8 Å². The van der Waals surface area contributed by atoms with Crippen molar-refractivity contribution in [3.05, 3.63) is 45.3 Å². The van der Waals surface area contributed by atoms with Crippen LogP contribution in [0.25, 0.3) is 0 Å². The molecule has 0 fully saturated rings. The van der Waals surface area contributed by atoms with Gasteiger partial charge in [-0.2, -0.15) is 0 Å². The molecule has 0 N–H and O–H groups in total. The molecule has 0 aliphatic rings. The van der Waals surface area contributed by atoms with Crippen LogP contribution in [0.3, 0.4) is 0 Å². The molecule has 0 aromatic carbocycles. The summed E-state index contributed by atoms with van der Waals surface area (Å²) in [5.41, 5.74) is 0.798. The highest BCUT2D eigenvalue weighted by Gasteiger charge is 2.02. The van der Waals surface area contributed by atoms with Crippen molar-refractivity contribution in [3.8, 4) is 5.88 Å². The Hall–Kier alpha value is -1.10. The highest BCUT2D eigenvalue weighted by molar-refractivity contribution is 6.32. The fraction of sp³-hybridized carbons (Fsp3) is 0.100. The van der Waals surface area contributed by atoms with Gasteiger partial charge >= 0.3 is 0 Å². The van der Waals surface area contributed by atoms with Gasteiger partial charge in [0.05, 0.1) is 0 Å². The minimum Gasteiger partial charge on any atom is -0.472 e. The van der Waals surface area contributed by atoms with Crippen molar-refractivity contribution in [1.29, 1.82) is 0 Å². The summed E-state index contributed by atoms with van der Waals surface area (Å²) in [7, 11) is 0. The van der Waals surface area contributed by atoms with E-state index in [1.54, 1.807) is 24.3 Å². The standard InChI is InChI=1S/C10H6Cl3N3O/c11-7-1-2-10(16-15-7)17-5-6-3-8(12)14-9(13)4-6/h1-4H,5H2. The first-order valence-electron chi connectivity index (χ1n) is 4.57. The molecule has 2 rings (SSSR count). The Labute approximate surface area is 113 Å². The summed E-state index contributed by atoms with van der Waals surface area (Å²) in [5, 5.41) is 8.35. The largest absolute Gasteiger partial charge is 0.472 e. The minimum absolute atomic E-state index is 0.276. The SMILES string of the molecule is Clc1ccc(OCc2cc(Cl)nc(Cl)c2)nn1. The molecule has 2 aromatic heterocycles. The van der Waals surface area contributed by atoms with E-state index in [2.05, 4.69) is 15.2 Å². The molecule has 0 saturated heterocycles. The summed E-state index contributed by atoms with van der Waals surface area (Å²) in [6.07, 6.45) is 0. The zero-order chi connectivity index (χ0) is 12.3. The first-order chi connectivity index (χ1) is 8.13. The van der Waals surface area contributed by atoms with E-state index in [0.717, 1.165) is 5.56 Å². The van der Waals surface area contributed by atoms with E-state index >= 15 is 0 Å². The van der Waals surface area contributed by atoms with Gasteiger partial charge in [0, 0.05) is 6.07 Å². The Morgan fingerprint density at radius 1 is 0.941 bits per heavy atom. The van der Waals surface area contributed by atoms with E-state index in [1.165, 1.54) is 0 Å². The fourth-order valence-electron chi connectivity index (χ4n) is 1.14. The summed E-state index contributed by atoms with van der Waals surface area (Å²) in [5.74, 6) is 0.374. The molecule has 88 valence electrons. The number of nitrogens with zero attached hydrogens (tertiary/aromatic N) is 3. The van der Waals surface area contributed by atoms with Crippen LogP contribution in [0.4, 0.5) is 0 Å². The zero-order valence-corrected chi connectivity index (χ0v) is 10.7. The monoisotopic (exact) mass is 289 g/mol. The lowest BCUT2D eigenvalue weighted by atomic mass is 10.3. The molecule has 0 atom stereocenters. The van der Waals surface area contributed by atoms with Gasteiger partial charge in [0.25, 0.3) is 0 Å². The topological polar surface area (TPSA) is 47.9 Å². The highest BCUT2D eigenvalue weighted by Crippen LogP contribution is 2.16. The number of ether oxygens (including phenoxy) is 1. The first-order valence-corrected chi connectivity index (χ1v) is 5.71. The molecule has 0 aliphatic carbocycles. The molecule has 0 spiro atoms. The van der Waals surface area contributed by atoms with Crippen molar-refractivity contribution in [1.82, 2.24) is 15.2 Å². The van der Waals surface area contributed by atoms with Gasteiger partial charge in [-0.3, -0.25) is 0 Å². The molecule has 0 bridgehead atoms. The smallest absolute Gasteiger partial charge is 0.233 e. The van der Waals surface area contributed by atoms with Crippen molar-refractivity contribution >= 4 is 34.8 Å². The van der Waals surface area contributed by atoms with E-state index in [0.29, 0.717) is 21.3 Å². The van der Waals surface area contributed by atoms with Gasteiger partial charge in [-0.25, -0.2) is 4.98 Å². The van der Waals surface area contributed by atoms with Crippen LogP contribution in [0.15, 0.2) is 24.3 Å². The van der Waals surface area contributed by atoms with Crippen LogP contribution in [0.1, 0.15) is 5.56 Å². The molecule has 0 amide bonds. The third kappa shape index (κ3) is 3.70. The van der Waals surface area contributed by atoms with E-state index in [4.69, 9.17) is 39.5 Å². The first kappa shape index (κ1) is 12.4. The van der Waals surface area contributed by atoms with Gasteiger partial charge in [-0.15, -0.1) is 10.2 Å². The van der Waals surface area contributed by atoms with E-state index in [1.807, 2.05) is 0 Å². The molecule has 7 heteroatoms. The van der Waals surface area contributed by atoms with Crippen molar-refractivity contribution < 1.29 is 4.74 Å². The molecule has 0 radical (unpaired) electrons. The van der Waals surface area contributed by atoms with E-state index in [-0.39, 0.29) is 6.61 Å². The van der Waals surface area contributed by atoms with Gasteiger partial charge in [-0.1, -0.05) is 34.8 Å². The van der Waals surface area contributed by atoms with Crippen molar-refractivity contribution in [2.75, 3.05) is 0 Å². The lowest BCUT2D eigenvalue weighted by Gasteiger charge is -2.05. The molecule has 17 heavy (non-hydrogen) atoms. The minimum atomic E-state index is 0.276. The number of hydrogen-bond acceptors (Lipinski definition) is 4. The van der Waals surface area contributed by atoms with Crippen LogP contribution in [0.5, 0.6) is 5.88 Å². The summed E-state index contributed by atoms with van der Waals surface area (Å²) < 4.78 is 5.38. The maximum absolute atomic E-state index is 5.76. The number of pyridine rings is 1. The predicted molar refractivity (Wildman–Crippen MR) is 65.6 cm³/mol. The van der Waals surface area contributed by atoms with E-state index < -0.39 is 0 Å². The molecular formula is C10H6Cl3N3O. The van der Waals surface area contributed by atoms with Crippen LogP contribution < -0.4 is 4.74 Å². The third-order valence-corrected chi connectivity index (χ3v) is 2.41. The Morgan fingerprint density at radius 2 is 1.65 bits per heavy atom. The number of rotatable bonds is 3. The van der Waals surface area contributed by atoms with E-state index in [9.17, 15) is 0 Å². The lowest BCUT2D eigenvalue weighted by molar-refractivity contribution is 0.290. The summed E-state index contributed by atoms with van der Waals surface area (Å²) in [6.45, 7) is 0.276. The molecular weight excluding hydrogens is 284 g/mol. The van der Waals surface area contributed by atoms with Gasteiger partial charge in [0.1, 0.15) is 16.9 Å². The maximum Gasteiger partial charge on any atom is 0.233 e. The number of halogens is 3. The Morgan fingerprint density at radius 3 is 2.24 bits per heavy atom. The lowest BCUT2D eigenvalue weighted by Crippen LogP contribution is -1.98. The third-order valence-electron chi connectivity index (χ3n) is 1.82. The van der Waals surface area contributed by atoms with Crippen LogP contribution in [0.2, 0.25) is 15.5 Å². The summed E-state index contributed by atoms with van der Waals surface area (Å²) >= 11 is 17.1. The molecule has 0 unspecified atom stereocenters. The molecule has 0 saturated carbocycles. The van der Waals surface area contributed by atoms with Crippen LogP contribution in [-0.2, 0) is 6.61 Å². The number of hydrogen-bond donors (Lipinski definition) is 0. The van der Waals surface area contributed by atoms with Gasteiger partial charge < -0.3 is 4.74 Å². The molecule has 0 aliphatic heterocycles. The highest BCUT2D eigenvalue weighted by atomic mass is 35.5. The van der Waals surface area contributed by atoms with Crippen molar-refractivity contribution in [2.45, 2.75) is 6.61 Å². The van der Waals surface area contributed by atoms with Crippen LogP contribution in [-0.4, -0.2) is 15.2 Å². The van der Waals surface area contributed by atoms with Crippen molar-refractivity contribution in [3.63, 3.8) is 0 Å². The summed E-state index contributed by atoms with van der Waals surface area (Å²) in [4.78, 5) is 3.83. The average Bonchev–Trinajstić information content (AvgIpc) is 2.27. The quantitative estimate of drug-likeness (QED) is 0.813. The van der Waals surface area contributed by atoms with Gasteiger partial charge in [0.2, 0.25) is 5.88 Å². The number of aromatic nitrogens is 3. The van der Waals surface area contributed by atoms with Crippen LogP contribution in [0, 0.1) is 0 Å². The second-order valence-corrected chi connectivity index (χ2v) is 4.27. The molecule has 2 aromatic rings. The Bertz CT molecular complexity index is 498. The molecule has 2 heterocycles. The zero-order valence-electron chi connectivity index (χ0n) is 8.40. The second kappa shape index (κ2) is 5.49. The fourth-order valence-corrected chi connectivity index (χ4v) is 1.74. The molecule has 4 nitrogen and oxygen atoms in total. The Balaban J connectivity index is 2.04. The predicted octanol–water partition coefficient (Wildman–Crippen LogP) is 3.41. The van der Waals surface area contributed by atoms with Gasteiger partial charge in [0.15, 0.2) is 5.15 Å². The Kier molecular flexibility index (Phi) is 3.99. The van der Waals surface area contributed by atoms with Crippen molar-refractivity contribution in [2.24, 2.45) is 0 Å². The second-order valence-electron chi connectivity index (χ2n) is 3.10. The average molecular weight is 291 g/mol.